The quantitative estimate of drug-likeness (QED) is 0.234. The van der Waals surface area contributed by atoms with Crippen LogP contribution in [0.15, 0.2) is 55.1 Å². The molecule has 2 aromatic carbocycles. The maximum atomic E-state index is 12.5. The molecular weight excluding hydrogens is 355 g/mol. The van der Waals surface area contributed by atoms with Gasteiger partial charge in [0.1, 0.15) is 0 Å². The van der Waals surface area contributed by atoms with E-state index in [-0.39, 0.29) is 5.92 Å². The second kappa shape index (κ2) is 10.8. The van der Waals surface area contributed by atoms with Crippen LogP contribution in [0.2, 0.25) is 0 Å². The molecule has 0 fully saturated rings. The minimum absolute atomic E-state index is 0.0104. The van der Waals surface area contributed by atoms with Crippen molar-refractivity contribution < 1.29 is 14.4 Å². The van der Waals surface area contributed by atoms with Crippen molar-refractivity contribution in [2.75, 3.05) is 0 Å². The predicted octanol–water partition coefficient (Wildman–Crippen LogP) is 7.00. The molecule has 2 N–H and O–H groups in total. The average Bonchev–Trinajstić information content (AvgIpc) is 2.64. The van der Waals surface area contributed by atoms with E-state index in [0.717, 1.165) is 61.3 Å². The third-order valence-corrected chi connectivity index (χ3v) is 6.78. The van der Waals surface area contributed by atoms with E-state index in [2.05, 4.69) is 13.5 Å². The fraction of sp³-hybridized carbons (Fsp3) is 0.478. The third kappa shape index (κ3) is 6.60. The largest absolute Gasteiger partial charge is 0.333 e. The van der Waals surface area contributed by atoms with Gasteiger partial charge in [0.25, 0.3) is 0 Å². The van der Waals surface area contributed by atoms with Crippen LogP contribution in [-0.4, -0.2) is 9.79 Å². The molecule has 0 heterocycles. The lowest BCUT2D eigenvalue weighted by Crippen LogP contribution is -2.14. The molecule has 0 aromatic heterocycles. The van der Waals surface area contributed by atoms with Crippen molar-refractivity contribution in [2.45, 2.75) is 63.9 Å². The Hall–Kier alpha value is -1.41. The summed E-state index contributed by atoms with van der Waals surface area (Å²) in [4.78, 5) is 20.4. The summed E-state index contributed by atoms with van der Waals surface area (Å²) in [6, 6.07) is 13.8. The molecule has 0 aliphatic rings. The van der Waals surface area contributed by atoms with Gasteiger partial charge in [-0.15, -0.1) is 6.58 Å². The number of rotatable bonds is 12. The molecule has 0 saturated carbocycles. The maximum Gasteiger partial charge on any atom is 0.333 e. The summed E-state index contributed by atoms with van der Waals surface area (Å²) < 4.78 is 12.5. The number of fused-ring (bicyclic) bond motifs is 1. The molecule has 0 aliphatic carbocycles. The summed E-state index contributed by atoms with van der Waals surface area (Å²) in [5.74, 6) is -0.0104. The van der Waals surface area contributed by atoms with Gasteiger partial charge in [-0.1, -0.05) is 81.1 Å². The minimum atomic E-state index is -4.26. The summed E-state index contributed by atoms with van der Waals surface area (Å²) in [5, 5.41) is 2.13. The molecule has 0 radical (unpaired) electrons. The van der Waals surface area contributed by atoms with Crippen LogP contribution in [0.3, 0.4) is 0 Å². The van der Waals surface area contributed by atoms with Crippen molar-refractivity contribution in [1.29, 1.82) is 0 Å². The van der Waals surface area contributed by atoms with Gasteiger partial charge in [-0.25, -0.2) is 0 Å². The number of benzene rings is 2. The zero-order chi connectivity index (χ0) is 19.7. The fourth-order valence-electron chi connectivity index (χ4n) is 3.95. The standard InChI is InChI=1S/C23H33O3P/c1-3-5-7-9-14-20(13-8-6-4-2)23(27(24,25)26)22-17-16-19-12-10-11-15-21(19)18-22/h4,10-12,15-18,20,23H,2-3,5-9,13-14H2,1H3,(H2,24,25,26). The summed E-state index contributed by atoms with van der Waals surface area (Å²) in [7, 11) is -4.26. The van der Waals surface area contributed by atoms with Crippen LogP contribution in [0.5, 0.6) is 0 Å². The van der Waals surface area contributed by atoms with Crippen LogP contribution >= 0.6 is 7.60 Å². The lowest BCUT2D eigenvalue weighted by molar-refractivity contribution is 0.313. The van der Waals surface area contributed by atoms with Gasteiger partial charge >= 0.3 is 7.60 Å². The van der Waals surface area contributed by atoms with Crippen LogP contribution < -0.4 is 0 Å². The van der Waals surface area contributed by atoms with Crippen molar-refractivity contribution in [3.63, 3.8) is 0 Å². The molecule has 0 spiro atoms. The van der Waals surface area contributed by atoms with Crippen LogP contribution in [-0.2, 0) is 4.57 Å². The van der Waals surface area contributed by atoms with Gasteiger partial charge in [0, 0.05) is 0 Å². The van der Waals surface area contributed by atoms with Crippen molar-refractivity contribution in [1.82, 2.24) is 0 Å². The van der Waals surface area contributed by atoms with E-state index in [4.69, 9.17) is 0 Å². The number of allylic oxidation sites excluding steroid dienone is 1. The Kier molecular flexibility index (Phi) is 8.76. The van der Waals surface area contributed by atoms with E-state index in [1.165, 1.54) is 6.42 Å². The number of hydrogen-bond acceptors (Lipinski definition) is 1. The first-order valence-electron chi connectivity index (χ1n) is 10.1. The Morgan fingerprint density at radius 3 is 2.37 bits per heavy atom. The van der Waals surface area contributed by atoms with Crippen LogP contribution in [0.4, 0.5) is 0 Å². The van der Waals surface area contributed by atoms with E-state index in [1.54, 1.807) is 0 Å². The molecule has 0 saturated heterocycles. The highest BCUT2D eigenvalue weighted by atomic mass is 31.2. The van der Waals surface area contributed by atoms with Gasteiger partial charge < -0.3 is 9.79 Å². The smallest absolute Gasteiger partial charge is 0.324 e. The maximum absolute atomic E-state index is 12.5. The van der Waals surface area contributed by atoms with Crippen molar-refractivity contribution in [3.05, 3.63) is 60.7 Å². The van der Waals surface area contributed by atoms with Gasteiger partial charge in [-0.05, 0) is 47.9 Å². The SMILES string of the molecule is C=CCCCC(CCCCCC)C(c1ccc2ccccc2c1)P(=O)(O)O. The zero-order valence-corrected chi connectivity index (χ0v) is 17.3. The Morgan fingerprint density at radius 1 is 1.00 bits per heavy atom. The summed E-state index contributed by atoms with van der Waals surface area (Å²) in [5.41, 5.74) is 0.0367. The predicted molar refractivity (Wildman–Crippen MR) is 115 cm³/mol. The topological polar surface area (TPSA) is 57.5 Å². The molecule has 3 nitrogen and oxygen atoms in total. The molecule has 4 heteroatoms. The second-order valence-corrected chi connectivity index (χ2v) is 9.20. The molecule has 2 unspecified atom stereocenters. The monoisotopic (exact) mass is 388 g/mol. The zero-order valence-electron chi connectivity index (χ0n) is 16.4. The first kappa shape index (κ1) is 21.9. The fourth-order valence-corrected chi connectivity index (χ4v) is 5.35. The molecule has 27 heavy (non-hydrogen) atoms. The van der Waals surface area contributed by atoms with E-state index in [9.17, 15) is 14.4 Å². The molecule has 2 rings (SSSR count). The highest BCUT2D eigenvalue weighted by Crippen LogP contribution is 2.58. The molecule has 2 aromatic rings. The Labute approximate surface area is 163 Å². The van der Waals surface area contributed by atoms with E-state index >= 15 is 0 Å². The number of hydrogen-bond donors (Lipinski definition) is 2. The Balaban J connectivity index is 2.32. The Morgan fingerprint density at radius 2 is 1.70 bits per heavy atom. The minimum Gasteiger partial charge on any atom is -0.324 e. The van der Waals surface area contributed by atoms with Crippen LogP contribution in [0, 0.1) is 5.92 Å². The van der Waals surface area contributed by atoms with E-state index in [1.807, 2.05) is 48.5 Å². The van der Waals surface area contributed by atoms with Crippen LogP contribution in [0.25, 0.3) is 10.8 Å². The lowest BCUT2D eigenvalue weighted by atomic mass is 9.88. The van der Waals surface area contributed by atoms with Gasteiger partial charge in [0.15, 0.2) is 0 Å². The summed E-state index contributed by atoms with van der Waals surface area (Å²) >= 11 is 0. The van der Waals surface area contributed by atoms with Crippen molar-refractivity contribution in [3.8, 4) is 0 Å². The molecular formula is C23H33O3P. The first-order chi connectivity index (χ1) is 13.0. The highest BCUT2D eigenvalue weighted by Gasteiger charge is 2.37. The lowest BCUT2D eigenvalue weighted by Gasteiger charge is -2.29. The van der Waals surface area contributed by atoms with Gasteiger partial charge in [-0.3, -0.25) is 4.57 Å². The molecule has 0 aliphatic heterocycles. The van der Waals surface area contributed by atoms with Gasteiger partial charge in [0.05, 0.1) is 5.66 Å². The van der Waals surface area contributed by atoms with Gasteiger partial charge in [0.2, 0.25) is 0 Å². The summed E-state index contributed by atoms with van der Waals surface area (Å²) in [6.45, 7) is 5.95. The molecule has 2 atom stereocenters. The summed E-state index contributed by atoms with van der Waals surface area (Å²) in [6.07, 6.45) is 9.86. The molecule has 0 amide bonds. The normalized spacial score (nSPS) is 14.2. The third-order valence-electron chi connectivity index (χ3n) is 5.34. The highest BCUT2D eigenvalue weighted by molar-refractivity contribution is 7.52. The first-order valence-corrected chi connectivity index (χ1v) is 11.8. The Bertz CT molecular complexity index is 765. The van der Waals surface area contributed by atoms with E-state index in [0.29, 0.717) is 0 Å². The van der Waals surface area contributed by atoms with Crippen molar-refractivity contribution in [2.24, 2.45) is 5.92 Å². The second-order valence-electron chi connectivity index (χ2n) is 7.47. The molecule has 148 valence electrons. The van der Waals surface area contributed by atoms with Crippen molar-refractivity contribution >= 4 is 18.4 Å². The van der Waals surface area contributed by atoms with E-state index < -0.39 is 13.3 Å². The number of unbranched alkanes of at least 4 members (excludes halogenated alkanes) is 4. The molecule has 0 bridgehead atoms. The van der Waals surface area contributed by atoms with Crippen LogP contribution in [0.1, 0.15) is 69.5 Å². The van der Waals surface area contributed by atoms with Gasteiger partial charge in [-0.2, -0.15) is 0 Å². The average molecular weight is 388 g/mol.